The first-order valence-corrected chi connectivity index (χ1v) is 6.69. The van der Waals surface area contributed by atoms with Crippen LogP contribution in [-0.4, -0.2) is 24.8 Å². The first-order chi connectivity index (χ1) is 8.78. The minimum Gasteiger partial charge on any atom is -0.489 e. The van der Waals surface area contributed by atoms with Crippen molar-refractivity contribution in [3.8, 4) is 5.75 Å². The SMILES string of the molecule is CC(C)(C)OC(=O)N1CCOc2cc(Br)c(F)cc21. The van der Waals surface area contributed by atoms with Crippen molar-refractivity contribution in [1.82, 2.24) is 0 Å². The molecular formula is C13H15BrFNO3. The largest absolute Gasteiger partial charge is 0.489 e. The highest BCUT2D eigenvalue weighted by Crippen LogP contribution is 2.36. The van der Waals surface area contributed by atoms with Crippen molar-refractivity contribution in [2.45, 2.75) is 26.4 Å². The van der Waals surface area contributed by atoms with Crippen LogP contribution in [0.1, 0.15) is 20.8 Å². The number of amides is 1. The lowest BCUT2D eigenvalue weighted by atomic mass is 10.2. The van der Waals surface area contributed by atoms with Crippen molar-refractivity contribution in [3.63, 3.8) is 0 Å². The molecule has 104 valence electrons. The molecule has 0 aliphatic carbocycles. The number of hydrogen-bond acceptors (Lipinski definition) is 3. The number of rotatable bonds is 0. The molecule has 1 amide bonds. The summed E-state index contributed by atoms with van der Waals surface area (Å²) >= 11 is 3.09. The summed E-state index contributed by atoms with van der Waals surface area (Å²) in [6.07, 6.45) is -0.501. The van der Waals surface area contributed by atoms with Crippen molar-refractivity contribution >= 4 is 27.7 Å². The van der Waals surface area contributed by atoms with Gasteiger partial charge in [-0.05, 0) is 42.8 Å². The van der Waals surface area contributed by atoms with Gasteiger partial charge in [0, 0.05) is 6.07 Å². The fourth-order valence-electron chi connectivity index (χ4n) is 1.72. The van der Waals surface area contributed by atoms with Gasteiger partial charge >= 0.3 is 6.09 Å². The average molecular weight is 332 g/mol. The zero-order valence-corrected chi connectivity index (χ0v) is 12.6. The Hall–Kier alpha value is -1.30. The quantitative estimate of drug-likeness (QED) is 0.727. The number of benzene rings is 1. The molecule has 0 bridgehead atoms. The second kappa shape index (κ2) is 5.00. The van der Waals surface area contributed by atoms with Crippen molar-refractivity contribution in [2.75, 3.05) is 18.1 Å². The molecule has 0 saturated carbocycles. The minimum atomic E-state index is -0.594. The van der Waals surface area contributed by atoms with E-state index < -0.39 is 17.5 Å². The van der Waals surface area contributed by atoms with Gasteiger partial charge in [-0.25, -0.2) is 9.18 Å². The Kier molecular flexibility index (Phi) is 3.71. The van der Waals surface area contributed by atoms with Gasteiger partial charge in [0.25, 0.3) is 0 Å². The van der Waals surface area contributed by atoms with E-state index in [2.05, 4.69) is 15.9 Å². The van der Waals surface area contributed by atoms with Gasteiger partial charge in [0.15, 0.2) is 0 Å². The van der Waals surface area contributed by atoms with Gasteiger partial charge in [-0.1, -0.05) is 0 Å². The predicted octanol–water partition coefficient (Wildman–Crippen LogP) is 3.72. The average Bonchev–Trinajstić information content (AvgIpc) is 2.27. The number of halogens is 2. The molecule has 19 heavy (non-hydrogen) atoms. The number of carbonyl (C=O) groups is 1. The van der Waals surface area contributed by atoms with E-state index in [1.807, 2.05) is 0 Å². The Labute approximate surface area is 119 Å². The molecule has 1 aliphatic heterocycles. The fraction of sp³-hybridized carbons (Fsp3) is 0.462. The Balaban J connectivity index is 2.32. The third-order valence-corrected chi connectivity index (χ3v) is 3.09. The van der Waals surface area contributed by atoms with Gasteiger partial charge < -0.3 is 9.47 Å². The Bertz CT molecular complexity index is 513. The number of hydrogen-bond donors (Lipinski definition) is 0. The normalized spacial score (nSPS) is 14.7. The summed E-state index contributed by atoms with van der Waals surface area (Å²) in [7, 11) is 0. The fourth-order valence-corrected chi connectivity index (χ4v) is 2.04. The molecule has 1 aliphatic rings. The lowest BCUT2D eigenvalue weighted by Gasteiger charge is -2.31. The molecule has 6 heteroatoms. The van der Waals surface area contributed by atoms with E-state index in [-0.39, 0.29) is 0 Å². The molecule has 0 atom stereocenters. The van der Waals surface area contributed by atoms with Gasteiger partial charge in [-0.15, -0.1) is 0 Å². The van der Waals surface area contributed by atoms with Crippen molar-refractivity contribution in [1.29, 1.82) is 0 Å². The van der Waals surface area contributed by atoms with Gasteiger partial charge in [0.05, 0.1) is 16.7 Å². The highest BCUT2D eigenvalue weighted by Gasteiger charge is 2.29. The second-order valence-electron chi connectivity index (χ2n) is 5.21. The van der Waals surface area contributed by atoms with Crippen molar-refractivity contribution in [2.24, 2.45) is 0 Å². The maximum absolute atomic E-state index is 13.6. The molecule has 0 N–H and O–H groups in total. The van der Waals surface area contributed by atoms with Crippen LogP contribution < -0.4 is 9.64 Å². The zero-order chi connectivity index (χ0) is 14.2. The van der Waals surface area contributed by atoms with Crippen molar-refractivity contribution in [3.05, 3.63) is 22.4 Å². The van der Waals surface area contributed by atoms with Crippen LogP contribution in [0.4, 0.5) is 14.9 Å². The van der Waals surface area contributed by atoms with Crippen LogP contribution in [0.25, 0.3) is 0 Å². The zero-order valence-electron chi connectivity index (χ0n) is 11.0. The Morgan fingerprint density at radius 3 is 2.79 bits per heavy atom. The number of ether oxygens (including phenoxy) is 2. The highest BCUT2D eigenvalue weighted by molar-refractivity contribution is 9.10. The Morgan fingerprint density at radius 2 is 2.16 bits per heavy atom. The summed E-state index contributed by atoms with van der Waals surface area (Å²) in [4.78, 5) is 13.5. The lowest BCUT2D eigenvalue weighted by molar-refractivity contribution is 0.0567. The summed E-state index contributed by atoms with van der Waals surface area (Å²) in [6.45, 7) is 6.05. The summed E-state index contributed by atoms with van der Waals surface area (Å²) in [6, 6.07) is 2.78. The van der Waals surface area contributed by atoms with Crippen LogP contribution >= 0.6 is 15.9 Å². The van der Waals surface area contributed by atoms with E-state index in [1.165, 1.54) is 17.0 Å². The topological polar surface area (TPSA) is 38.8 Å². The van der Waals surface area contributed by atoms with Gasteiger partial charge in [-0.3, -0.25) is 4.90 Å². The van der Waals surface area contributed by atoms with Crippen LogP contribution in [0.15, 0.2) is 16.6 Å². The summed E-state index contributed by atoms with van der Waals surface area (Å²) in [5, 5.41) is 0. The van der Waals surface area contributed by atoms with Gasteiger partial charge in [0.2, 0.25) is 0 Å². The Morgan fingerprint density at radius 1 is 1.47 bits per heavy atom. The van der Waals surface area contributed by atoms with Gasteiger partial charge in [0.1, 0.15) is 23.8 Å². The first-order valence-electron chi connectivity index (χ1n) is 5.90. The molecule has 0 fully saturated rings. The van der Waals surface area contributed by atoms with E-state index in [0.717, 1.165) is 0 Å². The maximum atomic E-state index is 13.6. The van der Waals surface area contributed by atoms with Crippen LogP contribution in [0.2, 0.25) is 0 Å². The molecule has 1 aromatic rings. The first kappa shape index (κ1) is 14.1. The van der Waals surface area contributed by atoms with Crippen LogP contribution in [0.5, 0.6) is 5.75 Å². The molecule has 0 saturated heterocycles. The molecule has 0 radical (unpaired) electrons. The van der Waals surface area contributed by atoms with E-state index in [4.69, 9.17) is 9.47 Å². The van der Waals surface area contributed by atoms with Crippen LogP contribution in [0, 0.1) is 5.82 Å². The van der Waals surface area contributed by atoms with E-state index in [9.17, 15) is 9.18 Å². The van der Waals surface area contributed by atoms with Crippen LogP contribution in [0.3, 0.4) is 0 Å². The monoisotopic (exact) mass is 331 g/mol. The molecular weight excluding hydrogens is 317 g/mol. The molecule has 2 rings (SSSR count). The minimum absolute atomic E-state index is 0.303. The number of carbonyl (C=O) groups excluding carboxylic acids is 1. The number of nitrogens with zero attached hydrogens (tertiary/aromatic N) is 1. The third kappa shape index (κ3) is 3.18. The molecule has 0 spiro atoms. The number of anilines is 1. The second-order valence-corrected chi connectivity index (χ2v) is 6.07. The molecule has 0 aromatic heterocycles. The standard InChI is InChI=1S/C13H15BrFNO3/c1-13(2,3)19-12(17)16-4-5-18-11-6-8(14)9(15)7-10(11)16/h6-7H,4-5H2,1-3H3. The molecule has 0 unspecified atom stereocenters. The summed E-state index contributed by atoms with van der Waals surface area (Å²) in [5.74, 6) is 0.0168. The highest BCUT2D eigenvalue weighted by atomic mass is 79.9. The van der Waals surface area contributed by atoms with E-state index >= 15 is 0 Å². The summed E-state index contributed by atoms with van der Waals surface area (Å²) < 4.78 is 24.6. The van der Waals surface area contributed by atoms with Crippen LogP contribution in [-0.2, 0) is 4.74 Å². The van der Waals surface area contributed by atoms with Crippen molar-refractivity contribution < 1.29 is 18.7 Å². The van der Waals surface area contributed by atoms with E-state index in [0.29, 0.717) is 29.1 Å². The van der Waals surface area contributed by atoms with Gasteiger partial charge in [-0.2, -0.15) is 0 Å². The lowest BCUT2D eigenvalue weighted by Crippen LogP contribution is -2.41. The number of fused-ring (bicyclic) bond motifs is 1. The third-order valence-electron chi connectivity index (χ3n) is 2.48. The van der Waals surface area contributed by atoms with E-state index in [1.54, 1.807) is 20.8 Å². The summed E-state index contributed by atoms with van der Waals surface area (Å²) in [5.41, 5.74) is -0.204. The molecule has 1 aromatic carbocycles. The molecule has 4 nitrogen and oxygen atoms in total. The maximum Gasteiger partial charge on any atom is 0.415 e. The molecule has 1 heterocycles. The predicted molar refractivity (Wildman–Crippen MR) is 73.2 cm³/mol. The smallest absolute Gasteiger partial charge is 0.415 e.